The van der Waals surface area contributed by atoms with Gasteiger partial charge in [0.1, 0.15) is 0 Å². The quantitative estimate of drug-likeness (QED) is 0.356. The smallest absolute Gasteiger partial charge is 0.252 e. The molecule has 0 aliphatic carbocycles. The zero-order chi connectivity index (χ0) is 21.4. The number of fused-ring (bicyclic) bond motifs is 2. The molecule has 0 fully saturated rings. The van der Waals surface area contributed by atoms with Crippen LogP contribution in [0.15, 0.2) is 101 Å². The number of hydrogen-bond donors (Lipinski definition) is 0. The van der Waals surface area contributed by atoms with Crippen LogP contribution < -0.4 is 4.31 Å². The van der Waals surface area contributed by atoms with Crippen LogP contribution in [0, 0.1) is 6.92 Å². The van der Waals surface area contributed by atoms with E-state index in [0.29, 0.717) is 4.90 Å². The second-order valence-corrected chi connectivity index (χ2v) is 10.9. The van der Waals surface area contributed by atoms with Crippen molar-refractivity contribution >= 4 is 38.2 Å². The Balaban J connectivity index is 1.49. The van der Waals surface area contributed by atoms with E-state index in [1.807, 2.05) is 49.4 Å². The van der Waals surface area contributed by atoms with Gasteiger partial charge >= 0.3 is 0 Å². The molecule has 0 spiro atoms. The molecule has 4 aromatic rings. The van der Waals surface area contributed by atoms with Crippen LogP contribution in [0.3, 0.4) is 0 Å². The zero-order valence-corrected chi connectivity index (χ0v) is 18.9. The van der Waals surface area contributed by atoms with Gasteiger partial charge < -0.3 is 0 Å². The summed E-state index contributed by atoms with van der Waals surface area (Å²) >= 11 is 1.64. The van der Waals surface area contributed by atoms with Crippen LogP contribution >= 0.6 is 11.8 Å². The van der Waals surface area contributed by atoms with Crippen LogP contribution in [0.5, 0.6) is 0 Å². The van der Waals surface area contributed by atoms with E-state index in [4.69, 9.17) is 0 Å². The predicted octanol–water partition coefficient (Wildman–Crippen LogP) is 6.41. The van der Waals surface area contributed by atoms with Gasteiger partial charge in [-0.15, -0.1) is 0 Å². The summed E-state index contributed by atoms with van der Waals surface area (Å²) in [6, 6.07) is 29.6. The van der Waals surface area contributed by atoms with Crippen LogP contribution in [0.1, 0.15) is 17.5 Å². The van der Waals surface area contributed by atoms with Crippen molar-refractivity contribution in [2.45, 2.75) is 34.9 Å². The highest BCUT2D eigenvalue weighted by Crippen LogP contribution is 2.47. The maximum Gasteiger partial charge on any atom is 0.265 e. The maximum absolute atomic E-state index is 13.7. The van der Waals surface area contributed by atoms with E-state index < -0.39 is 10.0 Å². The third kappa shape index (κ3) is 3.73. The highest BCUT2D eigenvalue weighted by atomic mass is 32.2. The standard InChI is InChI=1S/C26H23NO2S2/c1-19-13-16-22(17-14-19)31(28,29)27-24-11-4-5-12-25(24)30-26(27)18-15-21-9-6-8-20-7-2-3-10-23(20)21/h2-14,16-17,26H,15,18H2,1H3. The number of benzene rings is 4. The number of para-hydroxylation sites is 1. The molecule has 4 aromatic carbocycles. The first-order chi connectivity index (χ1) is 15.0. The van der Waals surface area contributed by atoms with Crippen molar-refractivity contribution in [3.05, 3.63) is 102 Å². The monoisotopic (exact) mass is 445 g/mol. The molecule has 5 heteroatoms. The fourth-order valence-electron chi connectivity index (χ4n) is 4.16. The second-order valence-electron chi connectivity index (χ2n) is 7.83. The Kier molecular flexibility index (Phi) is 5.24. The van der Waals surface area contributed by atoms with Crippen molar-refractivity contribution in [1.29, 1.82) is 0 Å². The van der Waals surface area contributed by atoms with Gasteiger partial charge in [0, 0.05) is 4.90 Å². The Labute approximate surface area is 187 Å². The molecule has 1 atom stereocenters. The molecular formula is C26H23NO2S2. The number of anilines is 1. The lowest BCUT2D eigenvalue weighted by atomic mass is 10.0. The number of nitrogens with zero attached hydrogens (tertiary/aromatic N) is 1. The van der Waals surface area contributed by atoms with Crippen molar-refractivity contribution in [3.63, 3.8) is 0 Å². The van der Waals surface area contributed by atoms with E-state index in [1.165, 1.54) is 16.3 Å². The molecule has 0 bridgehead atoms. The summed E-state index contributed by atoms with van der Waals surface area (Å²) in [7, 11) is -3.65. The van der Waals surface area contributed by atoms with Gasteiger partial charge in [-0.1, -0.05) is 84.1 Å². The molecule has 0 saturated heterocycles. The molecule has 0 radical (unpaired) electrons. The molecule has 0 N–H and O–H groups in total. The zero-order valence-electron chi connectivity index (χ0n) is 17.2. The average Bonchev–Trinajstić information content (AvgIpc) is 3.17. The van der Waals surface area contributed by atoms with Crippen molar-refractivity contribution in [2.75, 3.05) is 4.31 Å². The number of rotatable bonds is 5. The Morgan fingerprint density at radius 2 is 1.55 bits per heavy atom. The lowest BCUT2D eigenvalue weighted by Gasteiger charge is -2.26. The fraction of sp³-hybridized carbons (Fsp3) is 0.154. The van der Waals surface area contributed by atoms with Crippen molar-refractivity contribution in [2.24, 2.45) is 0 Å². The molecule has 0 saturated carbocycles. The lowest BCUT2D eigenvalue weighted by molar-refractivity contribution is 0.587. The van der Waals surface area contributed by atoms with Gasteiger partial charge in [0.25, 0.3) is 10.0 Å². The molecule has 0 aromatic heterocycles. The van der Waals surface area contributed by atoms with Crippen molar-refractivity contribution in [3.8, 4) is 0 Å². The van der Waals surface area contributed by atoms with E-state index in [1.54, 1.807) is 28.2 Å². The van der Waals surface area contributed by atoms with Gasteiger partial charge in [-0.05, 0) is 60.4 Å². The minimum atomic E-state index is -3.65. The fourth-order valence-corrected chi connectivity index (χ4v) is 7.41. The van der Waals surface area contributed by atoms with Crippen LogP contribution in [-0.2, 0) is 16.4 Å². The molecule has 5 rings (SSSR count). The second kappa shape index (κ2) is 8.06. The van der Waals surface area contributed by atoms with E-state index in [0.717, 1.165) is 29.0 Å². The predicted molar refractivity (Wildman–Crippen MR) is 129 cm³/mol. The van der Waals surface area contributed by atoms with Crippen LogP contribution in [-0.4, -0.2) is 13.8 Å². The van der Waals surface area contributed by atoms with Crippen LogP contribution in [0.2, 0.25) is 0 Å². The normalized spacial score (nSPS) is 15.9. The van der Waals surface area contributed by atoms with E-state index in [9.17, 15) is 8.42 Å². The van der Waals surface area contributed by atoms with E-state index in [-0.39, 0.29) is 5.37 Å². The number of sulfonamides is 1. The third-order valence-corrected chi connectivity index (χ3v) is 9.03. The largest absolute Gasteiger partial charge is 0.265 e. The summed E-state index contributed by atoms with van der Waals surface area (Å²) in [5.74, 6) is 0. The summed E-state index contributed by atoms with van der Waals surface area (Å²) in [6.07, 6.45) is 1.55. The molecule has 31 heavy (non-hydrogen) atoms. The minimum absolute atomic E-state index is 0.178. The van der Waals surface area contributed by atoms with Gasteiger partial charge in [-0.3, -0.25) is 4.31 Å². The molecule has 3 nitrogen and oxygen atoms in total. The van der Waals surface area contributed by atoms with Crippen LogP contribution in [0.4, 0.5) is 5.69 Å². The van der Waals surface area contributed by atoms with Crippen molar-refractivity contribution in [1.82, 2.24) is 0 Å². The summed E-state index contributed by atoms with van der Waals surface area (Å²) in [5.41, 5.74) is 3.07. The molecule has 1 aliphatic rings. The summed E-state index contributed by atoms with van der Waals surface area (Å²) in [6.45, 7) is 1.96. The Hall–Kier alpha value is -2.76. The van der Waals surface area contributed by atoms with Gasteiger partial charge in [-0.2, -0.15) is 0 Å². The molecule has 156 valence electrons. The van der Waals surface area contributed by atoms with Crippen LogP contribution in [0.25, 0.3) is 10.8 Å². The number of thioether (sulfide) groups is 1. The number of hydrogen-bond acceptors (Lipinski definition) is 3. The van der Waals surface area contributed by atoms with Crippen molar-refractivity contribution < 1.29 is 8.42 Å². The topological polar surface area (TPSA) is 37.4 Å². The van der Waals surface area contributed by atoms with Gasteiger partial charge in [0.2, 0.25) is 0 Å². The summed E-state index contributed by atoms with van der Waals surface area (Å²) in [5, 5.41) is 2.27. The molecule has 1 aliphatic heterocycles. The van der Waals surface area contributed by atoms with E-state index in [2.05, 4.69) is 36.4 Å². The highest BCUT2D eigenvalue weighted by molar-refractivity contribution is 8.02. The number of aryl methyl sites for hydroxylation is 2. The van der Waals surface area contributed by atoms with E-state index >= 15 is 0 Å². The summed E-state index contributed by atoms with van der Waals surface area (Å²) in [4.78, 5) is 1.35. The third-order valence-electron chi connectivity index (χ3n) is 5.75. The Morgan fingerprint density at radius 1 is 0.839 bits per heavy atom. The first-order valence-corrected chi connectivity index (χ1v) is 12.7. The maximum atomic E-state index is 13.7. The summed E-state index contributed by atoms with van der Waals surface area (Å²) < 4.78 is 28.9. The first kappa shape index (κ1) is 20.2. The lowest BCUT2D eigenvalue weighted by Crippen LogP contribution is -2.36. The Morgan fingerprint density at radius 3 is 2.39 bits per heavy atom. The molecular weight excluding hydrogens is 422 g/mol. The molecule has 0 amide bonds. The molecule has 1 unspecified atom stereocenters. The highest BCUT2D eigenvalue weighted by Gasteiger charge is 2.38. The van der Waals surface area contributed by atoms with Gasteiger partial charge in [0.05, 0.1) is 16.0 Å². The SMILES string of the molecule is Cc1ccc(S(=O)(=O)N2c3ccccc3SC2CCc2cccc3ccccc23)cc1. The van der Waals surface area contributed by atoms with Gasteiger partial charge in [0.15, 0.2) is 0 Å². The Bertz CT molecular complexity index is 1340. The average molecular weight is 446 g/mol. The minimum Gasteiger partial charge on any atom is -0.252 e. The molecule has 1 heterocycles. The first-order valence-electron chi connectivity index (χ1n) is 10.4. The van der Waals surface area contributed by atoms with Gasteiger partial charge in [-0.25, -0.2) is 8.42 Å².